The number of hydrogen-bond donors (Lipinski definition) is 3. The number of anilines is 1. The molecule has 1 atom stereocenters. The molecule has 1 aliphatic heterocycles. The molecule has 3 amide bonds. The van der Waals surface area contributed by atoms with E-state index in [1.807, 2.05) is 36.4 Å². The average Bonchev–Trinajstić information content (AvgIpc) is 2.94. The lowest BCUT2D eigenvalue weighted by molar-refractivity contribution is -0.129. The maximum absolute atomic E-state index is 13.2. The maximum Gasteiger partial charge on any atom is 0.319 e. The van der Waals surface area contributed by atoms with E-state index in [0.29, 0.717) is 17.8 Å². The van der Waals surface area contributed by atoms with Crippen LogP contribution in [-0.2, 0) is 10.3 Å². The van der Waals surface area contributed by atoms with Gasteiger partial charge < -0.3 is 16.4 Å². The van der Waals surface area contributed by atoms with Crippen molar-refractivity contribution in [2.75, 3.05) is 18.9 Å². The minimum absolute atomic E-state index is 0.157. The Labute approximate surface area is 164 Å². The molecule has 0 saturated carbocycles. The Bertz CT molecular complexity index is 897. The molecule has 7 heteroatoms. The van der Waals surface area contributed by atoms with Crippen molar-refractivity contribution in [2.24, 2.45) is 10.7 Å². The zero-order valence-electron chi connectivity index (χ0n) is 16.1. The van der Waals surface area contributed by atoms with Gasteiger partial charge in [-0.25, -0.2) is 9.79 Å². The highest BCUT2D eigenvalue weighted by Crippen LogP contribution is 2.39. The quantitative estimate of drug-likeness (QED) is 0.673. The van der Waals surface area contributed by atoms with Gasteiger partial charge in [-0.1, -0.05) is 55.8 Å². The number of nitrogens with two attached hydrogens (primary N) is 1. The fourth-order valence-electron chi connectivity index (χ4n) is 3.24. The van der Waals surface area contributed by atoms with Crippen molar-refractivity contribution >= 4 is 23.6 Å². The summed E-state index contributed by atoms with van der Waals surface area (Å²) >= 11 is 0. The van der Waals surface area contributed by atoms with Crippen LogP contribution in [0.25, 0.3) is 0 Å². The fourth-order valence-corrected chi connectivity index (χ4v) is 3.24. The number of nitrogens with zero attached hydrogens (tertiary/aromatic N) is 2. The number of guanidine groups is 1. The molecule has 2 aromatic carbocycles. The van der Waals surface area contributed by atoms with Gasteiger partial charge in [0.1, 0.15) is 0 Å². The SMILES string of the molecule is CCCCNC(=O)Nc1cccc(C2(c3ccccc3)N=C(N)N(C)C2=O)c1. The van der Waals surface area contributed by atoms with Gasteiger partial charge in [0.15, 0.2) is 11.5 Å². The van der Waals surface area contributed by atoms with Crippen LogP contribution in [0.5, 0.6) is 0 Å². The molecular formula is C21H25N5O2. The Balaban J connectivity index is 1.97. The predicted octanol–water partition coefficient (Wildman–Crippen LogP) is 2.64. The molecule has 0 fully saturated rings. The summed E-state index contributed by atoms with van der Waals surface area (Å²) in [5, 5.41) is 5.63. The van der Waals surface area contributed by atoms with E-state index in [-0.39, 0.29) is 17.9 Å². The highest BCUT2D eigenvalue weighted by molar-refractivity contribution is 6.09. The van der Waals surface area contributed by atoms with Gasteiger partial charge in [0.2, 0.25) is 0 Å². The number of urea groups is 1. The molecule has 28 heavy (non-hydrogen) atoms. The molecule has 0 radical (unpaired) electrons. The molecule has 146 valence electrons. The van der Waals surface area contributed by atoms with Gasteiger partial charge in [-0.3, -0.25) is 9.69 Å². The van der Waals surface area contributed by atoms with E-state index < -0.39 is 5.54 Å². The van der Waals surface area contributed by atoms with Crippen LogP contribution in [0.1, 0.15) is 30.9 Å². The second kappa shape index (κ2) is 8.12. The van der Waals surface area contributed by atoms with E-state index >= 15 is 0 Å². The lowest BCUT2D eigenvalue weighted by Gasteiger charge is -2.26. The van der Waals surface area contributed by atoms with Crippen molar-refractivity contribution in [2.45, 2.75) is 25.3 Å². The average molecular weight is 379 g/mol. The highest BCUT2D eigenvalue weighted by atomic mass is 16.2. The maximum atomic E-state index is 13.2. The van der Waals surface area contributed by atoms with Crippen molar-refractivity contribution in [3.05, 3.63) is 65.7 Å². The predicted molar refractivity (Wildman–Crippen MR) is 110 cm³/mol. The Kier molecular flexibility index (Phi) is 5.63. The largest absolute Gasteiger partial charge is 0.369 e. The van der Waals surface area contributed by atoms with Crippen LogP contribution in [0.2, 0.25) is 0 Å². The molecule has 2 aromatic rings. The lowest BCUT2D eigenvalue weighted by atomic mass is 9.82. The van der Waals surface area contributed by atoms with Gasteiger partial charge >= 0.3 is 6.03 Å². The number of carbonyl (C=O) groups is 2. The van der Waals surface area contributed by atoms with Crippen molar-refractivity contribution in [3.63, 3.8) is 0 Å². The normalized spacial score (nSPS) is 18.7. The number of rotatable bonds is 6. The van der Waals surface area contributed by atoms with Crippen LogP contribution >= 0.6 is 0 Å². The summed E-state index contributed by atoms with van der Waals surface area (Å²) in [4.78, 5) is 31.2. The van der Waals surface area contributed by atoms with Gasteiger partial charge in [-0.05, 0) is 29.7 Å². The molecular weight excluding hydrogens is 354 g/mol. The topological polar surface area (TPSA) is 99.8 Å². The van der Waals surface area contributed by atoms with Crippen molar-refractivity contribution in [1.29, 1.82) is 0 Å². The number of likely N-dealkylation sites (N-methyl/N-ethyl adjacent to an activating group) is 1. The van der Waals surface area contributed by atoms with Gasteiger partial charge in [-0.2, -0.15) is 0 Å². The Hall–Kier alpha value is -3.35. The summed E-state index contributed by atoms with van der Waals surface area (Å²) < 4.78 is 0. The number of amides is 3. The number of unbranched alkanes of at least 4 members (excludes halogenated alkanes) is 1. The van der Waals surface area contributed by atoms with E-state index in [9.17, 15) is 9.59 Å². The first-order valence-corrected chi connectivity index (χ1v) is 9.33. The Morgan fingerprint density at radius 3 is 2.50 bits per heavy atom. The van der Waals surface area contributed by atoms with E-state index in [1.165, 1.54) is 4.90 Å². The first kappa shape index (κ1) is 19.4. The summed E-state index contributed by atoms with van der Waals surface area (Å²) in [5.41, 5.74) is 6.66. The smallest absolute Gasteiger partial charge is 0.319 e. The van der Waals surface area contributed by atoms with E-state index in [1.54, 1.807) is 25.2 Å². The fraction of sp³-hybridized carbons (Fsp3) is 0.286. The second-order valence-electron chi connectivity index (χ2n) is 6.73. The van der Waals surface area contributed by atoms with E-state index in [2.05, 4.69) is 22.5 Å². The van der Waals surface area contributed by atoms with Gasteiger partial charge in [0, 0.05) is 19.3 Å². The van der Waals surface area contributed by atoms with Gasteiger partial charge in [-0.15, -0.1) is 0 Å². The number of aliphatic imine (C=N–C) groups is 1. The van der Waals surface area contributed by atoms with Crippen LogP contribution < -0.4 is 16.4 Å². The summed E-state index contributed by atoms with van der Waals surface area (Å²) in [5.74, 6) is -0.0785. The van der Waals surface area contributed by atoms with Crippen molar-refractivity contribution in [3.8, 4) is 0 Å². The minimum atomic E-state index is -1.27. The first-order valence-electron chi connectivity index (χ1n) is 9.33. The highest BCUT2D eigenvalue weighted by Gasteiger charge is 2.49. The number of carbonyl (C=O) groups excluding carboxylic acids is 2. The monoisotopic (exact) mass is 379 g/mol. The first-order chi connectivity index (χ1) is 13.5. The van der Waals surface area contributed by atoms with Crippen molar-refractivity contribution < 1.29 is 9.59 Å². The number of hydrogen-bond acceptors (Lipinski definition) is 4. The lowest BCUT2D eigenvalue weighted by Crippen LogP contribution is -2.41. The minimum Gasteiger partial charge on any atom is -0.369 e. The third-order valence-corrected chi connectivity index (χ3v) is 4.79. The Morgan fingerprint density at radius 2 is 1.86 bits per heavy atom. The molecule has 3 rings (SSSR count). The van der Waals surface area contributed by atoms with E-state index in [4.69, 9.17) is 5.73 Å². The molecule has 0 spiro atoms. The molecule has 1 aliphatic rings. The third kappa shape index (κ3) is 3.55. The molecule has 7 nitrogen and oxygen atoms in total. The molecule has 4 N–H and O–H groups in total. The van der Waals surface area contributed by atoms with Crippen LogP contribution in [0.15, 0.2) is 59.6 Å². The zero-order valence-corrected chi connectivity index (χ0v) is 16.1. The molecule has 0 aliphatic carbocycles. The summed E-state index contributed by atoms with van der Waals surface area (Å²) in [6.07, 6.45) is 1.92. The van der Waals surface area contributed by atoms with Crippen LogP contribution in [0.4, 0.5) is 10.5 Å². The molecule has 0 bridgehead atoms. The standard InChI is InChI=1S/C21H25N5O2/c1-3-4-13-23-20(28)24-17-12-8-11-16(14-17)21(15-9-6-5-7-10-15)18(27)26(2)19(22)25-21/h5-12,14H,3-4,13H2,1-2H3,(H2,22,25)(H2,23,24,28). The summed E-state index contributed by atoms with van der Waals surface area (Å²) in [6.45, 7) is 2.67. The molecule has 0 saturated heterocycles. The summed E-state index contributed by atoms with van der Waals surface area (Å²) in [6, 6.07) is 16.2. The van der Waals surface area contributed by atoms with Gasteiger partial charge in [0.25, 0.3) is 5.91 Å². The van der Waals surface area contributed by atoms with Crippen molar-refractivity contribution in [1.82, 2.24) is 10.2 Å². The summed E-state index contributed by atoms with van der Waals surface area (Å²) in [7, 11) is 1.61. The van der Waals surface area contributed by atoms with Crippen LogP contribution in [-0.4, -0.2) is 36.4 Å². The zero-order chi connectivity index (χ0) is 20.1. The van der Waals surface area contributed by atoms with Gasteiger partial charge in [0.05, 0.1) is 0 Å². The van der Waals surface area contributed by atoms with Crippen LogP contribution in [0, 0.1) is 0 Å². The Morgan fingerprint density at radius 1 is 1.14 bits per heavy atom. The second-order valence-corrected chi connectivity index (χ2v) is 6.73. The number of benzene rings is 2. The molecule has 0 aromatic heterocycles. The molecule has 1 heterocycles. The number of nitrogens with one attached hydrogen (secondary N) is 2. The molecule has 1 unspecified atom stereocenters. The van der Waals surface area contributed by atoms with Crippen LogP contribution in [0.3, 0.4) is 0 Å². The van der Waals surface area contributed by atoms with E-state index in [0.717, 1.165) is 18.4 Å². The third-order valence-electron chi connectivity index (χ3n) is 4.79.